The molecule has 1 N–H and O–H groups in total. The van der Waals surface area contributed by atoms with Gasteiger partial charge in [-0.25, -0.2) is 0 Å². The Balaban J connectivity index is 0.00000280. The van der Waals surface area contributed by atoms with Gasteiger partial charge in [-0.2, -0.15) is 4.98 Å². The van der Waals surface area contributed by atoms with E-state index in [4.69, 9.17) is 16.1 Å². The van der Waals surface area contributed by atoms with E-state index in [1.54, 1.807) is 0 Å². The summed E-state index contributed by atoms with van der Waals surface area (Å²) in [5, 5.41) is 8.09. The maximum Gasteiger partial charge on any atom is 0.226 e. The standard InChI is InChI=1S/C20H27ClN4O2.ClH/c1-20(2,3)19-23-17(27-24-19)9-6-10-18(26)25-12-11-22-13-16(25)14-7-4-5-8-15(14)21;/h4-5,7-8,16,22H,6,9-13H2,1-3H3;1H. The van der Waals surface area contributed by atoms with Crippen LogP contribution in [0.2, 0.25) is 5.02 Å². The van der Waals surface area contributed by atoms with Gasteiger partial charge in [-0.3, -0.25) is 4.79 Å². The van der Waals surface area contributed by atoms with Crippen LogP contribution in [0.5, 0.6) is 0 Å². The molecular formula is C20H28Cl2N4O2. The van der Waals surface area contributed by atoms with Gasteiger partial charge in [0.25, 0.3) is 0 Å². The number of benzene rings is 1. The van der Waals surface area contributed by atoms with Gasteiger partial charge in [-0.15, -0.1) is 12.4 Å². The summed E-state index contributed by atoms with van der Waals surface area (Å²) in [5.74, 6) is 1.43. The second kappa shape index (κ2) is 9.72. The summed E-state index contributed by atoms with van der Waals surface area (Å²) in [7, 11) is 0. The van der Waals surface area contributed by atoms with Gasteiger partial charge in [0.2, 0.25) is 11.8 Å². The van der Waals surface area contributed by atoms with Gasteiger partial charge >= 0.3 is 0 Å². The summed E-state index contributed by atoms with van der Waals surface area (Å²) >= 11 is 6.36. The zero-order chi connectivity index (χ0) is 19.4. The molecule has 1 fully saturated rings. The maximum atomic E-state index is 12.8. The highest BCUT2D eigenvalue weighted by Gasteiger charge is 2.29. The third kappa shape index (κ3) is 5.46. The van der Waals surface area contributed by atoms with Crippen molar-refractivity contribution in [3.8, 4) is 0 Å². The number of carbonyl (C=O) groups excluding carboxylic acids is 1. The van der Waals surface area contributed by atoms with Gasteiger partial charge in [0, 0.05) is 42.9 Å². The van der Waals surface area contributed by atoms with Crippen molar-refractivity contribution in [3.63, 3.8) is 0 Å². The van der Waals surface area contributed by atoms with Crippen LogP contribution in [0.1, 0.15) is 56.9 Å². The van der Waals surface area contributed by atoms with E-state index in [9.17, 15) is 4.79 Å². The Kier molecular flexibility index (Phi) is 7.87. The second-order valence-electron chi connectivity index (χ2n) is 7.94. The topological polar surface area (TPSA) is 71.3 Å². The highest BCUT2D eigenvalue weighted by molar-refractivity contribution is 6.31. The molecule has 1 amide bonds. The van der Waals surface area contributed by atoms with E-state index in [0.29, 0.717) is 49.1 Å². The molecule has 3 rings (SSSR count). The van der Waals surface area contributed by atoms with Crippen molar-refractivity contribution >= 4 is 29.9 Å². The molecule has 0 bridgehead atoms. The first kappa shape index (κ1) is 22.7. The zero-order valence-electron chi connectivity index (χ0n) is 16.6. The average molecular weight is 427 g/mol. The first-order valence-electron chi connectivity index (χ1n) is 9.44. The van der Waals surface area contributed by atoms with Crippen LogP contribution >= 0.6 is 24.0 Å². The number of rotatable bonds is 5. The molecule has 0 saturated carbocycles. The third-order valence-corrected chi connectivity index (χ3v) is 5.09. The number of carbonyl (C=O) groups is 1. The van der Waals surface area contributed by atoms with Crippen LogP contribution in [0.3, 0.4) is 0 Å². The molecule has 1 aliphatic heterocycles. The highest BCUT2D eigenvalue weighted by atomic mass is 35.5. The van der Waals surface area contributed by atoms with Crippen molar-refractivity contribution in [1.82, 2.24) is 20.4 Å². The minimum atomic E-state index is -0.138. The summed E-state index contributed by atoms with van der Waals surface area (Å²) in [4.78, 5) is 19.2. The summed E-state index contributed by atoms with van der Waals surface area (Å²) in [6.45, 7) is 8.34. The van der Waals surface area contributed by atoms with Gasteiger partial charge in [0.15, 0.2) is 5.82 Å². The first-order chi connectivity index (χ1) is 12.9. The predicted molar refractivity (Wildman–Crippen MR) is 112 cm³/mol. The van der Waals surface area contributed by atoms with E-state index < -0.39 is 0 Å². The number of aromatic nitrogens is 2. The lowest BCUT2D eigenvalue weighted by Crippen LogP contribution is -2.48. The largest absolute Gasteiger partial charge is 0.339 e. The Morgan fingerprint density at radius 3 is 2.79 bits per heavy atom. The molecule has 154 valence electrons. The minimum absolute atomic E-state index is 0. The molecule has 6 nitrogen and oxygen atoms in total. The Morgan fingerprint density at radius 2 is 2.11 bits per heavy atom. The molecule has 1 aliphatic rings. The number of aryl methyl sites for hydroxylation is 1. The van der Waals surface area contributed by atoms with Crippen LogP contribution < -0.4 is 5.32 Å². The van der Waals surface area contributed by atoms with E-state index in [-0.39, 0.29) is 29.8 Å². The van der Waals surface area contributed by atoms with Crippen molar-refractivity contribution in [2.75, 3.05) is 19.6 Å². The molecule has 0 radical (unpaired) electrons. The van der Waals surface area contributed by atoms with Gasteiger partial charge < -0.3 is 14.7 Å². The number of amides is 1. The number of hydrogen-bond acceptors (Lipinski definition) is 5. The normalized spacial score (nSPS) is 17.3. The zero-order valence-corrected chi connectivity index (χ0v) is 18.1. The quantitative estimate of drug-likeness (QED) is 0.783. The summed E-state index contributed by atoms with van der Waals surface area (Å²) in [6, 6.07) is 7.70. The van der Waals surface area contributed by atoms with E-state index in [1.165, 1.54) is 0 Å². The van der Waals surface area contributed by atoms with Crippen molar-refractivity contribution in [2.24, 2.45) is 0 Å². The predicted octanol–water partition coefficient (Wildman–Crippen LogP) is 3.94. The van der Waals surface area contributed by atoms with E-state index in [2.05, 4.69) is 15.5 Å². The monoisotopic (exact) mass is 426 g/mol. The third-order valence-electron chi connectivity index (χ3n) is 4.75. The highest BCUT2D eigenvalue weighted by Crippen LogP contribution is 2.29. The molecule has 1 saturated heterocycles. The van der Waals surface area contributed by atoms with Crippen molar-refractivity contribution in [3.05, 3.63) is 46.6 Å². The molecule has 0 spiro atoms. The van der Waals surface area contributed by atoms with Gasteiger partial charge in [-0.05, 0) is 18.1 Å². The fraction of sp³-hybridized carbons (Fsp3) is 0.550. The van der Waals surface area contributed by atoms with Crippen LogP contribution in [0.25, 0.3) is 0 Å². The Hall–Kier alpha value is -1.63. The number of piperazine rings is 1. The van der Waals surface area contributed by atoms with Crippen molar-refractivity contribution in [1.29, 1.82) is 0 Å². The lowest BCUT2D eigenvalue weighted by molar-refractivity contribution is -0.134. The fourth-order valence-electron chi connectivity index (χ4n) is 3.22. The summed E-state index contributed by atoms with van der Waals surface area (Å²) in [6.07, 6.45) is 1.75. The molecule has 1 unspecified atom stereocenters. The summed E-state index contributed by atoms with van der Waals surface area (Å²) < 4.78 is 5.31. The molecule has 2 aromatic rings. The lowest BCUT2D eigenvalue weighted by atomic mass is 9.96. The number of halogens is 2. The van der Waals surface area contributed by atoms with Crippen LogP contribution in [0, 0.1) is 0 Å². The van der Waals surface area contributed by atoms with Gasteiger partial charge in [-0.1, -0.05) is 55.7 Å². The molecule has 1 aromatic heterocycles. The molecule has 8 heteroatoms. The van der Waals surface area contributed by atoms with Crippen LogP contribution in [0.15, 0.2) is 28.8 Å². The van der Waals surface area contributed by atoms with E-state index in [0.717, 1.165) is 12.1 Å². The van der Waals surface area contributed by atoms with Crippen molar-refractivity contribution in [2.45, 2.75) is 51.5 Å². The Bertz CT molecular complexity index is 789. The first-order valence-corrected chi connectivity index (χ1v) is 9.82. The second-order valence-corrected chi connectivity index (χ2v) is 8.35. The Labute approximate surface area is 177 Å². The average Bonchev–Trinajstić information content (AvgIpc) is 3.11. The molecular weight excluding hydrogens is 399 g/mol. The molecule has 2 heterocycles. The number of nitrogens with one attached hydrogen (secondary N) is 1. The molecule has 1 aromatic carbocycles. The molecule has 1 atom stereocenters. The number of nitrogens with zero attached hydrogens (tertiary/aromatic N) is 3. The fourth-order valence-corrected chi connectivity index (χ4v) is 3.48. The summed E-state index contributed by atoms with van der Waals surface area (Å²) in [5.41, 5.74) is 0.854. The van der Waals surface area contributed by atoms with Crippen molar-refractivity contribution < 1.29 is 9.32 Å². The van der Waals surface area contributed by atoms with E-state index in [1.807, 2.05) is 49.9 Å². The van der Waals surface area contributed by atoms with Crippen LogP contribution in [0.4, 0.5) is 0 Å². The van der Waals surface area contributed by atoms with Gasteiger partial charge in [0.1, 0.15) is 0 Å². The molecule has 0 aliphatic carbocycles. The lowest BCUT2D eigenvalue weighted by Gasteiger charge is -2.37. The Morgan fingerprint density at radius 1 is 1.36 bits per heavy atom. The molecule has 28 heavy (non-hydrogen) atoms. The van der Waals surface area contributed by atoms with E-state index >= 15 is 0 Å². The number of hydrogen-bond donors (Lipinski definition) is 1. The minimum Gasteiger partial charge on any atom is -0.339 e. The van der Waals surface area contributed by atoms with Gasteiger partial charge in [0.05, 0.1) is 6.04 Å². The van der Waals surface area contributed by atoms with Crippen LogP contribution in [-0.4, -0.2) is 40.6 Å². The maximum absolute atomic E-state index is 12.8. The smallest absolute Gasteiger partial charge is 0.226 e. The van der Waals surface area contributed by atoms with Crippen LogP contribution in [-0.2, 0) is 16.6 Å². The SMILES string of the molecule is CC(C)(C)c1noc(CCCC(=O)N2CCNCC2c2ccccc2Cl)n1.Cl.